The number of hydrogen-bond donors (Lipinski definition) is 3. The van der Waals surface area contributed by atoms with Gasteiger partial charge in [-0.15, -0.1) is 0 Å². The lowest BCUT2D eigenvalue weighted by Gasteiger charge is -2.08. The first kappa shape index (κ1) is 17.1. The predicted octanol–water partition coefficient (Wildman–Crippen LogP) is -0.767. The third kappa shape index (κ3) is 5.97. The van der Waals surface area contributed by atoms with E-state index in [0.717, 1.165) is 0 Å². The van der Waals surface area contributed by atoms with Crippen LogP contribution in [0.5, 0.6) is 0 Å². The van der Waals surface area contributed by atoms with Gasteiger partial charge in [-0.05, 0) is 25.1 Å². The number of sulfonamides is 2. The Morgan fingerprint density at radius 2 is 1.60 bits per heavy atom. The van der Waals surface area contributed by atoms with Crippen molar-refractivity contribution in [1.82, 2.24) is 9.44 Å². The van der Waals surface area contributed by atoms with Crippen molar-refractivity contribution in [3.8, 4) is 0 Å². The molecule has 0 heterocycles. The lowest BCUT2D eigenvalue weighted by Crippen LogP contribution is -2.35. The van der Waals surface area contributed by atoms with Crippen LogP contribution >= 0.6 is 0 Å². The standard InChI is InChI=1S/C11H19N3O4S2/c12-7-4-8-13-19(15,16)10-9-14-20(17,18)11-5-2-1-3-6-11/h1-3,5-6,13-14H,4,7-10,12H2. The van der Waals surface area contributed by atoms with Gasteiger partial charge in [0.15, 0.2) is 0 Å². The second-order valence-electron chi connectivity index (χ2n) is 4.07. The van der Waals surface area contributed by atoms with Gasteiger partial charge in [0.05, 0.1) is 10.6 Å². The minimum absolute atomic E-state index is 0.105. The fraction of sp³-hybridized carbons (Fsp3) is 0.455. The quantitative estimate of drug-likeness (QED) is 0.516. The summed E-state index contributed by atoms with van der Waals surface area (Å²) in [5, 5.41) is 0. The minimum Gasteiger partial charge on any atom is -0.330 e. The first-order chi connectivity index (χ1) is 9.37. The van der Waals surface area contributed by atoms with E-state index >= 15 is 0 Å². The SMILES string of the molecule is NCCCNS(=O)(=O)CCNS(=O)(=O)c1ccccc1. The Morgan fingerprint density at radius 3 is 2.20 bits per heavy atom. The molecule has 0 fully saturated rings. The number of nitrogens with one attached hydrogen (secondary N) is 2. The lowest BCUT2D eigenvalue weighted by atomic mass is 10.4. The molecule has 0 amide bonds. The maximum atomic E-state index is 11.8. The molecule has 9 heteroatoms. The molecule has 1 rings (SSSR count). The van der Waals surface area contributed by atoms with Crippen LogP contribution in [0.4, 0.5) is 0 Å². The van der Waals surface area contributed by atoms with Crippen molar-refractivity contribution in [3.05, 3.63) is 30.3 Å². The summed E-state index contributed by atoms with van der Waals surface area (Å²) in [6.07, 6.45) is 0.537. The fourth-order valence-electron chi connectivity index (χ4n) is 1.40. The van der Waals surface area contributed by atoms with Crippen molar-refractivity contribution in [2.45, 2.75) is 11.3 Å². The van der Waals surface area contributed by atoms with E-state index in [1.54, 1.807) is 18.2 Å². The zero-order valence-corrected chi connectivity index (χ0v) is 12.6. The van der Waals surface area contributed by atoms with Crippen molar-refractivity contribution >= 4 is 20.0 Å². The van der Waals surface area contributed by atoms with Crippen LogP contribution in [0.3, 0.4) is 0 Å². The number of hydrogen-bond acceptors (Lipinski definition) is 5. The van der Waals surface area contributed by atoms with Gasteiger partial charge in [-0.25, -0.2) is 26.3 Å². The van der Waals surface area contributed by atoms with Crippen LogP contribution in [-0.4, -0.2) is 42.2 Å². The molecular formula is C11H19N3O4S2. The third-order valence-corrected chi connectivity index (χ3v) is 5.28. The second kappa shape index (κ2) is 7.70. The van der Waals surface area contributed by atoms with Gasteiger partial charge >= 0.3 is 0 Å². The van der Waals surface area contributed by atoms with E-state index in [1.165, 1.54) is 12.1 Å². The summed E-state index contributed by atoms with van der Waals surface area (Å²) in [6, 6.07) is 7.77. The molecule has 0 radical (unpaired) electrons. The molecule has 20 heavy (non-hydrogen) atoms. The Labute approximate surface area is 119 Å². The van der Waals surface area contributed by atoms with Crippen LogP contribution < -0.4 is 15.2 Å². The molecule has 0 atom stereocenters. The summed E-state index contributed by atoms with van der Waals surface area (Å²) in [7, 11) is -7.16. The highest BCUT2D eigenvalue weighted by Crippen LogP contribution is 2.06. The average molecular weight is 321 g/mol. The van der Waals surface area contributed by atoms with Crippen molar-refractivity contribution in [1.29, 1.82) is 0 Å². The molecule has 0 saturated carbocycles. The van der Waals surface area contributed by atoms with E-state index in [1.807, 2.05) is 0 Å². The second-order valence-corrected chi connectivity index (χ2v) is 7.76. The zero-order valence-electron chi connectivity index (χ0n) is 10.9. The van der Waals surface area contributed by atoms with Crippen molar-refractivity contribution < 1.29 is 16.8 Å². The van der Waals surface area contributed by atoms with Gasteiger partial charge < -0.3 is 5.73 Å². The van der Waals surface area contributed by atoms with E-state index in [2.05, 4.69) is 9.44 Å². The summed E-state index contributed by atoms with van der Waals surface area (Å²) >= 11 is 0. The van der Waals surface area contributed by atoms with Gasteiger partial charge in [0.2, 0.25) is 20.0 Å². The van der Waals surface area contributed by atoms with Crippen molar-refractivity contribution in [3.63, 3.8) is 0 Å². The number of rotatable bonds is 9. The van der Waals surface area contributed by atoms with Gasteiger partial charge in [-0.1, -0.05) is 18.2 Å². The maximum absolute atomic E-state index is 11.8. The fourth-order valence-corrected chi connectivity index (χ4v) is 3.55. The molecule has 4 N–H and O–H groups in total. The van der Waals surface area contributed by atoms with Crippen LogP contribution in [0.2, 0.25) is 0 Å². The van der Waals surface area contributed by atoms with Crippen LogP contribution in [0.1, 0.15) is 6.42 Å². The van der Waals surface area contributed by atoms with Gasteiger partial charge in [0.25, 0.3) is 0 Å². The smallest absolute Gasteiger partial charge is 0.240 e. The van der Waals surface area contributed by atoms with Crippen LogP contribution in [0.25, 0.3) is 0 Å². The summed E-state index contributed by atoms with van der Waals surface area (Å²) in [4.78, 5) is 0.105. The molecule has 0 aliphatic carbocycles. The van der Waals surface area contributed by atoms with Crippen LogP contribution in [0, 0.1) is 0 Å². The molecule has 0 aromatic heterocycles. The molecule has 0 saturated heterocycles. The molecule has 1 aromatic carbocycles. The zero-order chi connectivity index (χ0) is 15.1. The average Bonchev–Trinajstić information content (AvgIpc) is 2.39. The Balaban J connectivity index is 2.48. The first-order valence-corrected chi connectivity index (χ1v) is 9.23. The Bertz CT molecular complexity index is 600. The topological polar surface area (TPSA) is 118 Å². The lowest BCUT2D eigenvalue weighted by molar-refractivity contribution is 0.574. The molecule has 0 unspecified atom stereocenters. The van der Waals surface area contributed by atoms with E-state index in [4.69, 9.17) is 5.73 Å². The Kier molecular flexibility index (Phi) is 6.56. The highest BCUT2D eigenvalue weighted by Gasteiger charge is 2.15. The Morgan fingerprint density at radius 1 is 0.950 bits per heavy atom. The van der Waals surface area contributed by atoms with E-state index in [-0.39, 0.29) is 23.7 Å². The normalized spacial score (nSPS) is 12.4. The van der Waals surface area contributed by atoms with Crippen molar-refractivity contribution in [2.24, 2.45) is 5.73 Å². The van der Waals surface area contributed by atoms with E-state index in [0.29, 0.717) is 13.0 Å². The molecule has 7 nitrogen and oxygen atoms in total. The molecular weight excluding hydrogens is 302 g/mol. The number of benzene rings is 1. The van der Waals surface area contributed by atoms with E-state index < -0.39 is 20.0 Å². The molecule has 0 aliphatic heterocycles. The number of nitrogens with two attached hydrogens (primary N) is 1. The molecule has 0 bridgehead atoms. The predicted molar refractivity (Wildman–Crippen MR) is 77.1 cm³/mol. The van der Waals surface area contributed by atoms with Gasteiger partial charge in [0, 0.05) is 13.1 Å². The minimum atomic E-state index is -3.67. The summed E-state index contributed by atoms with van der Waals surface area (Å²) in [5.41, 5.74) is 5.25. The molecule has 1 aromatic rings. The largest absolute Gasteiger partial charge is 0.330 e. The van der Waals surface area contributed by atoms with E-state index in [9.17, 15) is 16.8 Å². The van der Waals surface area contributed by atoms with Gasteiger partial charge in [0.1, 0.15) is 0 Å². The highest BCUT2D eigenvalue weighted by molar-refractivity contribution is 7.90. The maximum Gasteiger partial charge on any atom is 0.240 e. The first-order valence-electron chi connectivity index (χ1n) is 6.09. The molecule has 0 spiro atoms. The summed E-state index contributed by atoms with van der Waals surface area (Å²) in [5.74, 6) is -0.316. The van der Waals surface area contributed by atoms with Crippen LogP contribution in [0.15, 0.2) is 35.2 Å². The van der Waals surface area contributed by atoms with Gasteiger partial charge in [-0.3, -0.25) is 0 Å². The van der Waals surface area contributed by atoms with Gasteiger partial charge in [-0.2, -0.15) is 0 Å². The monoisotopic (exact) mass is 321 g/mol. The van der Waals surface area contributed by atoms with Crippen molar-refractivity contribution in [2.75, 3.05) is 25.4 Å². The molecule has 114 valence electrons. The summed E-state index contributed by atoms with van der Waals surface area (Å²) in [6.45, 7) is 0.461. The molecule has 0 aliphatic rings. The highest BCUT2D eigenvalue weighted by atomic mass is 32.2. The third-order valence-electron chi connectivity index (χ3n) is 2.42. The van der Waals surface area contributed by atoms with Crippen LogP contribution in [-0.2, 0) is 20.0 Å². The Hall–Kier alpha value is -1.00. The summed E-state index contributed by atoms with van der Waals surface area (Å²) < 4.78 is 51.3.